The van der Waals surface area contributed by atoms with E-state index in [2.05, 4.69) is 29.8 Å². The molecule has 0 aliphatic heterocycles. The lowest BCUT2D eigenvalue weighted by Crippen LogP contribution is -2.27. The van der Waals surface area contributed by atoms with Crippen LogP contribution in [-0.4, -0.2) is 30.9 Å². The van der Waals surface area contributed by atoms with E-state index in [0.29, 0.717) is 40.0 Å². The molecule has 1 aromatic heterocycles. The average molecular weight is 652 g/mol. The van der Waals surface area contributed by atoms with E-state index < -0.39 is 0 Å². The van der Waals surface area contributed by atoms with Crippen molar-refractivity contribution in [3.63, 3.8) is 0 Å². The highest BCUT2D eigenvalue weighted by atomic mass is 32.1. The molecule has 0 unspecified atom stereocenters. The lowest BCUT2D eigenvalue weighted by Gasteiger charge is -2.15. The number of amides is 2. The van der Waals surface area contributed by atoms with Crippen molar-refractivity contribution < 1.29 is 19.1 Å². The van der Waals surface area contributed by atoms with Crippen molar-refractivity contribution in [2.75, 3.05) is 17.7 Å². The van der Waals surface area contributed by atoms with E-state index in [1.54, 1.807) is 23.5 Å². The molecule has 47 heavy (non-hydrogen) atoms. The fraction of sp³-hybridized carbons (Fsp3) is 0.359. The van der Waals surface area contributed by atoms with Gasteiger partial charge in [0.1, 0.15) is 5.00 Å². The molecule has 1 heterocycles. The molecule has 4 aromatic rings. The van der Waals surface area contributed by atoms with Crippen LogP contribution in [0.2, 0.25) is 0 Å². The number of methoxy groups -OCH3 is 1. The number of aryl methyl sites for hydroxylation is 3. The average Bonchev–Trinajstić information content (AvgIpc) is 3.28. The SMILES string of the molecule is CCC(CC)NCc1cccc(C(=O)Nc2sc3c(c2C(=O)Nc2ccc(CCc4ccc(C(=O)OC)cc4)cc2)CCCCC3)c1. The molecule has 0 atom stereocenters. The number of carbonyl (C=O) groups is 3. The van der Waals surface area contributed by atoms with Gasteiger partial charge in [0.25, 0.3) is 11.8 Å². The standard InChI is InChI=1S/C39H45N3O4S/c1-4-31(5-2)40-25-28-10-9-11-30(24-28)36(43)42-38-35(33-12-7-6-8-13-34(33)47-38)37(44)41-32-22-18-27(19-23-32)15-14-26-16-20-29(21-17-26)39(45)46-3/h9-11,16-24,31,40H,4-8,12-15,25H2,1-3H3,(H,41,44)(H,42,43). The molecule has 0 spiro atoms. The zero-order valence-corrected chi connectivity index (χ0v) is 28.4. The van der Waals surface area contributed by atoms with E-state index >= 15 is 0 Å². The van der Waals surface area contributed by atoms with Crippen LogP contribution in [0.25, 0.3) is 0 Å². The quantitative estimate of drug-likeness (QED) is 0.0997. The van der Waals surface area contributed by atoms with E-state index in [9.17, 15) is 14.4 Å². The number of hydrogen-bond donors (Lipinski definition) is 3. The van der Waals surface area contributed by atoms with Crippen LogP contribution in [0.5, 0.6) is 0 Å². The number of anilines is 2. The van der Waals surface area contributed by atoms with Gasteiger partial charge in [-0.05, 0) is 110 Å². The lowest BCUT2D eigenvalue weighted by molar-refractivity contribution is 0.0600. The summed E-state index contributed by atoms with van der Waals surface area (Å²) < 4.78 is 4.78. The molecule has 8 heteroatoms. The molecule has 7 nitrogen and oxygen atoms in total. The summed E-state index contributed by atoms with van der Waals surface area (Å²) in [5.74, 6) is -0.738. The van der Waals surface area contributed by atoms with Crippen LogP contribution in [0, 0.1) is 0 Å². The molecule has 0 radical (unpaired) electrons. The van der Waals surface area contributed by atoms with E-state index in [1.165, 1.54) is 12.0 Å². The second kappa shape index (κ2) is 16.5. The van der Waals surface area contributed by atoms with E-state index in [0.717, 1.165) is 80.0 Å². The Labute approximate surface area is 282 Å². The Morgan fingerprint density at radius 3 is 2.13 bits per heavy atom. The van der Waals surface area contributed by atoms with Gasteiger partial charge in [-0.15, -0.1) is 11.3 Å². The summed E-state index contributed by atoms with van der Waals surface area (Å²) in [6, 6.07) is 23.5. The first-order valence-electron chi connectivity index (χ1n) is 16.7. The topological polar surface area (TPSA) is 96.5 Å². The molecule has 0 saturated heterocycles. The Kier molecular flexibility index (Phi) is 12.0. The predicted octanol–water partition coefficient (Wildman–Crippen LogP) is 8.37. The molecular weight excluding hydrogens is 607 g/mol. The lowest BCUT2D eigenvalue weighted by atomic mass is 10.0. The van der Waals surface area contributed by atoms with Gasteiger partial charge < -0.3 is 20.7 Å². The normalized spacial score (nSPS) is 12.7. The first-order valence-corrected chi connectivity index (χ1v) is 17.6. The van der Waals surface area contributed by atoms with Crippen LogP contribution in [0.1, 0.15) is 104 Å². The molecule has 0 fully saturated rings. The van der Waals surface area contributed by atoms with Gasteiger partial charge in [0, 0.05) is 28.7 Å². The van der Waals surface area contributed by atoms with Crippen LogP contribution >= 0.6 is 11.3 Å². The number of hydrogen-bond acceptors (Lipinski definition) is 6. The van der Waals surface area contributed by atoms with Crippen LogP contribution in [0.4, 0.5) is 10.7 Å². The number of ether oxygens (including phenoxy) is 1. The van der Waals surface area contributed by atoms with Gasteiger partial charge in [-0.1, -0.05) is 56.7 Å². The van der Waals surface area contributed by atoms with Crippen LogP contribution in [0.15, 0.2) is 72.8 Å². The number of esters is 1. The maximum Gasteiger partial charge on any atom is 0.337 e. The second-order valence-electron chi connectivity index (χ2n) is 12.2. The highest BCUT2D eigenvalue weighted by Crippen LogP contribution is 2.38. The van der Waals surface area contributed by atoms with Gasteiger partial charge in [-0.25, -0.2) is 4.79 Å². The third kappa shape index (κ3) is 8.96. The Bertz CT molecular complexity index is 1670. The smallest absolute Gasteiger partial charge is 0.337 e. The molecule has 0 bridgehead atoms. The molecule has 1 aliphatic rings. The molecule has 5 rings (SSSR count). The molecular formula is C39H45N3O4S. The van der Waals surface area contributed by atoms with Crippen molar-refractivity contribution in [1.29, 1.82) is 0 Å². The van der Waals surface area contributed by atoms with Crippen LogP contribution in [0.3, 0.4) is 0 Å². The maximum atomic E-state index is 13.9. The Hall–Kier alpha value is -4.27. The number of fused-ring (bicyclic) bond motifs is 1. The summed E-state index contributed by atoms with van der Waals surface area (Å²) in [5, 5.41) is 10.4. The van der Waals surface area contributed by atoms with Crippen LogP contribution < -0.4 is 16.0 Å². The minimum atomic E-state index is -0.340. The van der Waals surface area contributed by atoms with Crippen LogP contribution in [-0.2, 0) is 37.0 Å². The summed E-state index contributed by atoms with van der Waals surface area (Å²) >= 11 is 1.54. The number of benzene rings is 3. The van der Waals surface area contributed by atoms with Crippen molar-refractivity contribution in [3.05, 3.63) is 117 Å². The number of nitrogens with one attached hydrogen (secondary N) is 3. The molecule has 246 valence electrons. The first-order chi connectivity index (χ1) is 22.9. The fourth-order valence-corrected chi connectivity index (χ4v) is 7.35. The minimum absolute atomic E-state index is 0.193. The molecule has 0 saturated carbocycles. The summed E-state index contributed by atoms with van der Waals surface area (Å²) in [6.45, 7) is 5.06. The van der Waals surface area contributed by atoms with Crippen molar-refractivity contribution in [1.82, 2.24) is 5.32 Å². The predicted molar refractivity (Wildman–Crippen MR) is 191 cm³/mol. The van der Waals surface area contributed by atoms with E-state index in [4.69, 9.17) is 4.74 Å². The minimum Gasteiger partial charge on any atom is -0.465 e. The van der Waals surface area contributed by atoms with Crippen molar-refractivity contribution in [2.24, 2.45) is 0 Å². The van der Waals surface area contributed by atoms with Crippen molar-refractivity contribution in [2.45, 2.75) is 84.2 Å². The van der Waals surface area contributed by atoms with Gasteiger partial charge in [0.05, 0.1) is 18.2 Å². The molecule has 3 aromatic carbocycles. The maximum absolute atomic E-state index is 13.9. The summed E-state index contributed by atoms with van der Waals surface area (Å²) in [6.07, 6.45) is 8.79. The summed E-state index contributed by atoms with van der Waals surface area (Å²) in [5.41, 5.74) is 6.83. The Morgan fingerprint density at radius 1 is 0.766 bits per heavy atom. The zero-order valence-electron chi connectivity index (χ0n) is 27.6. The van der Waals surface area contributed by atoms with E-state index in [1.807, 2.05) is 60.7 Å². The van der Waals surface area contributed by atoms with Gasteiger partial charge in [0.15, 0.2) is 0 Å². The second-order valence-corrected chi connectivity index (χ2v) is 13.3. The third-order valence-corrected chi connectivity index (χ3v) is 10.1. The largest absolute Gasteiger partial charge is 0.465 e. The monoisotopic (exact) mass is 651 g/mol. The summed E-state index contributed by atoms with van der Waals surface area (Å²) in [4.78, 5) is 40.3. The Morgan fingerprint density at radius 2 is 1.45 bits per heavy atom. The van der Waals surface area contributed by atoms with Crippen molar-refractivity contribution in [3.8, 4) is 0 Å². The molecule has 2 amide bonds. The van der Waals surface area contributed by atoms with Gasteiger partial charge >= 0.3 is 5.97 Å². The number of thiophene rings is 1. The first kappa shape index (κ1) is 34.1. The Balaban J connectivity index is 1.26. The van der Waals surface area contributed by atoms with Crippen molar-refractivity contribution >= 4 is 39.8 Å². The number of rotatable bonds is 13. The zero-order chi connectivity index (χ0) is 33.2. The third-order valence-electron chi connectivity index (χ3n) is 8.93. The summed E-state index contributed by atoms with van der Waals surface area (Å²) in [7, 11) is 1.38. The highest BCUT2D eigenvalue weighted by molar-refractivity contribution is 7.17. The fourth-order valence-electron chi connectivity index (χ4n) is 6.07. The van der Waals surface area contributed by atoms with E-state index in [-0.39, 0.29) is 17.8 Å². The molecule has 3 N–H and O–H groups in total. The molecule has 1 aliphatic carbocycles. The van der Waals surface area contributed by atoms with Gasteiger partial charge in [-0.2, -0.15) is 0 Å². The van der Waals surface area contributed by atoms with Gasteiger partial charge in [-0.3, -0.25) is 9.59 Å². The number of carbonyl (C=O) groups excluding carboxylic acids is 3. The highest BCUT2D eigenvalue weighted by Gasteiger charge is 2.26. The van der Waals surface area contributed by atoms with Gasteiger partial charge in [0.2, 0.25) is 0 Å².